The molecule has 1 heterocycles. The summed E-state index contributed by atoms with van der Waals surface area (Å²) in [5, 5.41) is 3.13. The van der Waals surface area contributed by atoms with Crippen molar-refractivity contribution >= 4 is 5.71 Å². The summed E-state index contributed by atoms with van der Waals surface area (Å²) in [7, 11) is 1.64. The van der Waals surface area contributed by atoms with E-state index in [1.807, 2.05) is 68.4 Å². The Morgan fingerprint density at radius 1 is 1.12 bits per heavy atom. The van der Waals surface area contributed by atoms with E-state index in [0.717, 1.165) is 28.4 Å². The first-order valence-electron chi connectivity index (χ1n) is 8.11. The van der Waals surface area contributed by atoms with Gasteiger partial charge in [-0.15, -0.1) is 0 Å². The van der Waals surface area contributed by atoms with Crippen LogP contribution in [0, 0.1) is 6.92 Å². The van der Waals surface area contributed by atoms with Crippen LogP contribution in [0.25, 0.3) is 5.69 Å². The minimum atomic E-state index is -0.0836. The molecule has 1 aromatic heterocycles. The summed E-state index contributed by atoms with van der Waals surface area (Å²) < 4.78 is 6.71. The fourth-order valence-corrected chi connectivity index (χ4v) is 2.75. The normalized spacial score (nSPS) is 11.6. The van der Waals surface area contributed by atoms with E-state index in [1.165, 1.54) is 0 Å². The number of hydrogen-bond donors (Lipinski definition) is 1. The Labute approximate surface area is 146 Å². The van der Waals surface area contributed by atoms with E-state index in [-0.39, 0.29) is 5.56 Å². The van der Waals surface area contributed by atoms with Gasteiger partial charge in [0.25, 0.3) is 5.56 Å². The molecule has 5 heteroatoms. The first-order chi connectivity index (χ1) is 12.1. The molecular weight excluding hydrogens is 314 g/mol. The molecule has 5 nitrogen and oxygen atoms in total. The van der Waals surface area contributed by atoms with Gasteiger partial charge in [-0.2, -0.15) is 0 Å². The molecule has 0 saturated heterocycles. The molecule has 128 valence electrons. The summed E-state index contributed by atoms with van der Waals surface area (Å²) in [5.41, 5.74) is 3.95. The highest BCUT2D eigenvalue weighted by Gasteiger charge is 2.14. The largest absolute Gasteiger partial charge is 0.497 e. The summed E-state index contributed by atoms with van der Waals surface area (Å²) in [6.07, 6.45) is 0. The second-order valence-electron chi connectivity index (χ2n) is 5.84. The Morgan fingerprint density at radius 3 is 2.44 bits per heavy atom. The van der Waals surface area contributed by atoms with E-state index < -0.39 is 0 Å². The molecule has 0 spiro atoms. The monoisotopic (exact) mass is 335 g/mol. The lowest BCUT2D eigenvalue weighted by molar-refractivity contribution is 0.414. The van der Waals surface area contributed by atoms with Crippen molar-refractivity contribution in [1.82, 2.24) is 9.78 Å². The molecular formula is C20H21N3O2. The molecule has 0 aliphatic rings. The average Bonchev–Trinajstić information content (AvgIpc) is 2.95. The minimum absolute atomic E-state index is 0.0836. The lowest BCUT2D eigenvalue weighted by atomic mass is 10.1. The Kier molecular flexibility index (Phi) is 4.84. The molecule has 0 fully saturated rings. The van der Waals surface area contributed by atoms with Crippen molar-refractivity contribution in [3.05, 3.63) is 81.8 Å². The van der Waals surface area contributed by atoms with Crippen molar-refractivity contribution in [3.8, 4) is 11.4 Å². The van der Waals surface area contributed by atoms with E-state index in [9.17, 15) is 4.79 Å². The van der Waals surface area contributed by atoms with Crippen molar-refractivity contribution in [1.29, 1.82) is 0 Å². The SMILES string of the molecule is COc1ccc(CN=C(C)c2c(C)[nH]n(-c3ccccc3)c2=O)cc1. The lowest BCUT2D eigenvalue weighted by Gasteiger charge is -2.02. The number of benzene rings is 2. The lowest BCUT2D eigenvalue weighted by Crippen LogP contribution is -2.19. The number of nitrogens with zero attached hydrogens (tertiary/aromatic N) is 2. The van der Waals surface area contributed by atoms with Gasteiger partial charge in [-0.25, -0.2) is 4.68 Å². The number of H-pyrrole nitrogens is 1. The number of aliphatic imine (C=N–C) groups is 1. The van der Waals surface area contributed by atoms with Crippen LogP contribution in [0.1, 0.15) is 23.7 Å². The summed E-state index contributed by atoms with van der Waals surface area (Å²) >= 11 is 0. The first kappa shape index (κ1) is 16.8. The zero-order valence-corrected chi connectivity index (χ0v) is 14.6. The molecule has 3 aromatic rings. The second-order valence-corrected chi connectivity index (χ2v) is 5.84. The van der Waals surface area contributed by atoms with Gasteiger partial charge in [-0.3, -0.25) is 14.9 Å². The van der Waals surface area contributed by atoms with E-state index in [1.54, 1.807) is 11.8 Å². The highest BCUT2D eigenvalue weighted by molar-refractivity contribution is 5.99. The van der Waals surface area contributed by atoms with Crippen LogP contribution < -0.4 is 10.3 Å². The molecule has 3 rings (SSSR count). The zero-order chi connectivity index (χ0) is 17.8. The van der Waals surface area contributed by atoms with Gasteiger partial charge in [-0.05, 0) is 43.7 Å². The van der Waals surface area contributed by atoms with E-state index >= 15 is 0 Å². The van der Waals surface area contributed by atoms with Crippen molar-refractivity contribution < 1.29 is 4.74 Å². The molecule has 2 aromatic carbocycles. The number of aryl methyl sites for hydroxylation is 1. The third-order valence-electron chi connectivity index (χ3n) is 4.11. The molecule has 0 amide bonds. The maximum absolute atomic E-state index is 12.8. The van der Waals surface area contributed by atoms with Crippen LogP contribution in [-0.4, -0.2) is 22.6 Å². The van der Waals surface area contributed by atoms with Crippen molar-refractivity contribution in [2.75, 3.05) is 7.11 Å². The first-order valence-corrected chi connectivity index (χ1v) is 8.11. The average molecular weight is 335 g/mol. The smallest absolute Gasteiger partial charge is 0.280 e. The molecule has 0 aliphatic heterocycles. The Bertz CT molecular complexity index is 935. The summed E-state index contributed by atoms with van der Waals surface area (Å²) in [6.45, 7) is 4.28. The Hall–Kier alpha value is -3.08. The zero-order valence-electron chi connectivity index (χ0n) is 14.6. The van der Waals surface area contributed by atoms with Crippen LogP contribution in [0.4, 0.5) is 0 Å². The van der Waals surface area contributed by atoms with Crippen LogP contribution >= 0.6 is 0 Å². The van der Waals surface area contributed by atoms with Crippen molar-refractivity contribution in [3.63, 3.8) is 0 Å². The highest BCUT2D eigenvalue weighted by Crippen LogP contribution is 2.13. The van der Waals surface area contributed by atoms with Gasteiger partial charge in [0.05, 0.1) is 24.9 Å². The Morgan fingerprint density at radius 2 is 1.80 bits per heavy atom. The van der Waals surface area contributed by atoms with Gasteiger partial charge in [0.2, 0.25) is 0 Å². The van der Waals surface area contributed by atoms with Gasteiger partial charge < -0.3 is 4.74 Å². The second kappa shape index (κ2) is 7.21. The third kappa shape index (κ3) is 3.55. The van der Waals surface area contributed by atoms with Crippen LogP contribution in [0.15, 0.2) is 64.4 Å². The fraction of sp³-hybridized carbons (Fsp3) is 0.200. The topological polar surface area (TPSA) is 59.4 Å². The molecule has 25 heavy (non-hydrogen) atoms. The summed E-state index contributed by atoms with van der Waals surface area (Å²) in [4.78, 5) is 17.4. The van der Waals surface area contributed by atoms with Gasteiger partial charge in [0.1, 0.15) is 5.75 Å². The Balaban J connectivity index is 1.88. The number of para-hydroxylation sites is 1. The predicted octanol–water partition coefficient (Wildman–Crippen LogP) is 3.49. The standard InChI is InChI=1S/C20H21N3O2/c1-14(21-13-16-9-11-18(25-3)12-10-16)19-15(2)22-23(20(19)24)17-7-5-4-6-8-17/h4-12,22H,13H2,1-3H3. The molecule has 1 N–H and O–H groups in total. The van der Waals surface area contributed by atoms with E-state index in [0.29, 0.717) is 12.1 Å². The van der Waals surface area contributed by atoms with Crippen LogP contribution in [0.2, 0.25) is 0 Å². The van der Waals surface area contributed by atoms with E-state index in [2.05, 4.69) is 10.1 Å². The van der Waals surface area contributed by atoms with Gasteiger partial charge in [0.15, 0.2) is 0 Å². The molecule has 0 unspecified atom stereocenters. The van der Waals surface area contributed by atoms with Crippen LogP contribution in [0.5, 0.6) is 5.75 Å². The third-order valence-corrected chi connectivity index (χ3v) is 4.11. The fourth-order valence-electron chi connectivity index (χ4n) is 2.75. The van der Waals surface area contributed by atoms with Crippen LogP contribution in [-0.2, 0) is 6.54 Å². The van der Waals surface area contributed by atoms with Gasteiger partial charge in [0, 0.05) is 11.4 Å². The summed E-state index contributed by atoms with van der Waals surface area (Å²) in [5.74, 6) is 0.816. The maximum Gasteiger partial charge on any atom is 0.280 e. The predicted molar refractivity (Wildman–Crippen MR) is 100 cm³/mol. The number of aromatic nitrogens is 2. The summed E-state index contributed by atoms with van der Waals surface area (Å²) in [6, 6.07) is 17.3. The van der Waals surface area contributed by atoms with Gasteiger partial charge >= 0.3 is 0 Å². The molecule has 0 atom stereocenters. The number of rotatable bonds is 5. The minimum Gasteiger partial charge on any atom is -0.497 e. The molecule has 0 bridgehead atoms. The van der Waals surface area contributed by atoms with Crippen LogP contribution in [0.3, 0.4) is 0 Å². The number of hydrogen-bond acceptors (Lipinski definition) is 3. The molecule has 0 radical (unpaired) electrons. The van der Waals surface area contributed by atoms with Gasteiger partial charge in [-0.1, -0.05) is 30.3 Å². The van der Waals surface area contributed by atoms with E-state index in [4.69, 9.17) is 4.74 Å². The quantitative estimate of drug-likeness (QED) is 0.726. The maximum atomic E-state index is 12.8. The highest BCUT2D eigenvalue weighted by atomic mass is 16.5. The molecule has 0 aliphatic carbocycles. The molecule has 0 saturated carbocycles. The number of aromatic amines is 1. The van der Waals surface area contributed by atoms with Crippen molar-refractivity contribution in [2.45, 2.75) is 20.4 Å². The number of nitrogens with one attached hydrogen (secondary N) is 1. The van der Waals surface area contributed by atoms with Crippen molar-refractivity contribution in [2.24, 2.45) is 4.99 Å². The number of ether oxygens (including phenoxy) is 1. The number of methoxy groups -OCH3 is 1.